The van der Waals surface area contributed by atoms with Gasteiger partial charge in [0, 0.05) is 16.9 Å². The third kappa shape index (κ3) is 2.07. The monoisotopic (exact) mass is 301 g/mol. The van der Waals surface area contributed by atoms with Crippen LogP contribution in [0.25, 0.3) is 11.6 Å². The Morgan fingerprint density at radius 1 is 1.32 bits per heavy atom. The molecule has 0 atom stereocenters. The van der Waals surface area contributed by atoms with Crippen molar-refractivity contribution in [3.05, 3.63) is 56.6 Å². The smallest absolute Gasteiger partial charge is 0.293 e. The summed E-state index contributed by atoms with van der Waals surface area (Å²) in [5, 5.41) is 13.7. The van der Waals surface area contributed by atoms with E-state index in [1.54, 1.807) is 13.8 Å². The summed E-state index contributed by atoms with van der Waals surface area (Å²) in [7, 11) is 0. The molecule has 0 saturated carbocycles. The Balaban J connectivity index is 2.15. The average Bonchev–Trinajstić information content (AvgIpc) is 2.88. The van der Waals surface area contributed by atoms with E-state index in [0.29, 0.717) is 28.2 Å². The van der Waals surface area contributed by atoms with Gasteiger partial charge in [-0.2, -0.15) is 0 Å². The molecule has 2 heterocycles. The molecular weight excluding hydrogens is 289 g/mol. The van der Waals surface area contributed by atoms with Crippen LogP contribution in [-0.2, 0) is 4.79 Å². The molecule has 7 heteroatoms. The molecule has 2 N–H and O–H groups in total. The predicted octanol–water partition coefficient (Wildman–Crippen LogP) is 3.17. The summed E-state index contributed by atoms with van der Waals surface area (Å²) in [5.41, 5.74) is 2.54. The average molecular weight is 301 g/mol. The zero-order chi connectivity index (χ0) is 16.0. The lowest BCUT2D eigenvalue weighted by atomic mass is 10.0. The predicted molar refractivity (Wildman–Crippen MR) is 79.8 cm³/mol. The van der Waals surface area contributed by atoms with Gasteiger partial charge >= 0.3 is 0 Å². The van der Waals surface area contributed by atoms with E-state index in [2.05, 4.69) is 10.3 Å². The Labute approximate surface area is 124 Å². The number of aryl methyl sites for hydroxylation is 1. The van der Waals surface area contributed by atoms with Gasteiger partial charge in [-0.15, -0.1) is 0 Å². The molecule has 0 fully saturated rings. The van der Waals surface area contributed by atoms with Gasteiger partial charge in [0.2, 0.25) is 0 Å². The molecule has 3 rings (SSSR count). The summed E-state index contributed by atoms with van der Waals surface area (Å²) in [5.74, 6) is -0.818. The third-order valence-electron chi connectivity index (χ3n) is 3.67. The van der Waals surface area contributed by atoms with E-state index >= 15 is 0 Å². The summed E-state index contributed by atoms with van der Waals surface area (Å²) in [6.45, 7) is 3.20. The van der Waals surface area contributed by atoms with Gasteiger partial charge in [0.15, 0.2) is 0 Å². The highest BCUT2D eigenvalue weighted by Gasteiger charge is 2.26. The highest BCUT2D eigenvalue weighted by molar-refractivity contribution is 6.34. The van der Waals surface area contributed by atoms with Gasteiger partial charge < -0.3 is 10.3 Å². The number of H-pyrrole nitrogens is 1. The van der Waals surface area contributed by atoms with Crippen molar-refractivity contribution >= 4 is 28.9 Å². The number of nitrogens with one attached hydrogen (secondary N) is 2. The van der Waals surface area contributed by atoms with E-state index in [9.17, 15) is 19.3 Å². The highest BCUT2D eigenvalue weighted by Crippen LogP contribution is 2.35. The van der Waals surface area contributed by atoms with E-state index in [4.69, 9.17) is 0 Å². The lowest BCUT2D eigenvalue weighted by Crippen LogP contribution is -2.03. The number of carbonyl (C=O) groups excluding carboxylic acids is 1. The molecule has 0 unspecified atom stereocenters. The molecule has 1 aliphatic heterocycles. The summed E-state index contributed by atoms with van der Waals surface area (Å²) >= 11 is 0. The van der Waals surface area contributed by atoms with Crippen molar-refractivity contribution in [3.8, 4) is 0 Å². The van der Waals surface area contributed by atoms with Gasteiger partial charge in [-0.1, -0.05) is 0 Å². The van der Waals surface area contributed by atoms with Gasteiger partial charge in [-0.3, -0.25) is 14.9 Å². The highest BCUT2D eigenvalue weighted by atomic mass is 19.1. The number of aromatic amines is 1. The van der Waals surface area contributed by atoms with Crippen LogP contribution in [0.15, 0.2) is 18.2 Å². The standard InChI is InChI=1S/C15H12FN3O3/c1-7-13(17-8(2)14(7)19(21)22)6-11-10-5-9(16)3-4-12(10)18-15(11)20/h3-6,17H,1-2H3,(H,18,20)/b11-6-. The molecule has 1 amide bonds. The van der Waals surface area contributed by atoms with Gasteiger partial charge in [-0.25, -0.2) is 4.39 Å². The first-order valence-electron chi connectivity index (χ1n) is 6.55. The van der Waals surface area contributed by atoms with Gasteiger partial charge in [-0.05, 0) is 38.1 Å². The topological polar surface area (TPSA) is 88.0 Å². The molecule has 22 heavy (non-hydrogen) atoms. The molecule has 0 spiro atoms. The van der Waals surface area contributed by atoms with Crippen molar-refractivity contribution in [3.63, 3.8) is 0 Å². The number of rotatable bonds is 2. The number of hydrogen-bond donors (Lipinski definition) is 2. The fraction of sp³-hybridized carbons (Fsp3) is 0.133. The Morgan fingerprint density at radius 3 is 2.68 bits per heavy atom. The molecule has 6 nitrogen and oxygen atoms in total. The first-order chi connectivity index (χ1) is 10.4. The number of nitrogens with zero attached hydrogens (tertiary/aromatic N) is 1. The molecule has 0 aliphatic carbocycles. The van der Waals surface area contributed by atoms with Crippen LogP contribution in [-0.4, -0.2) is 15.8 Å². The Bertz CT molecular complexity index is 852. The fourth-order valence-electron chi connectivity index (χ4n) is 2.63. The Kier molecular flexibility index (Phi) is 3.05. The maximum atomic E-state index is 13.4. The fourth-order valence-corrected chi connectivity index (χ4v) is 2.63. The van der Waals surface area contributed by atoms with E-state index in [-0.39, 0.29) is 17.2 Å². The maximum Gasteiger partial charge on any atom is 0.293 e. The van der Waals surface area contributed by atoms with Crippen LogP contribution in [0.3, 0.4) is 0 Å². The molecular formula is C15H12FN3O3. The van der Waals surface area contributed by atoms with Crippen molar-refractivity contribution < 1.29 is 14.1 Å². The number of fused-ring (bicyclic) bond motifs is 1. The second-order valence-electron chi connectivity index (χ2n) is 5.10. The molecule has 1 aromatic heterocycles. The number of nitro groups is 1. The largest absolute Gasteiger partial charge is 0.353 e. The van der Waals surface area contributed by atoms with Crippen LogP contribution in [0.4, 0.5) is 15.8 Å². The van der Waals surface area contributed by atoms with Crippen LogP contribution >= 0.6 is 0 Å². The molecule has 1 aromatic carbocycles. The first kappa shape index (κ1) is 14.0. The zero-order valence-corrected chi connectivity index (χ0v) is 11.9. The Hall–Kier alpha value is -2.96. The number of carbonyl (C=O) groups is 1. The normalized spacial score (nSPS) is 15.0. The SMILES string of the molecule is Cc1[nH]c(/C=C2\C(=O)Nc3ccc(F)cc32)c(C)c1[N+](=O)[O-]. The number of hydrogen-bond acceptors (Lipinski definition) is 3. The quantitative estimate of drug-likeness (QED) is 0.507. The minimum absolute atomic E-state index is 0.00952. The van der Waals surface area contributed by atoms with Crippen LogP contribution < -0.4 is 5.32 Å². The summed E-state index contributed by atoms with van der Waals surface area (Å²) in [6, 6.07) is 4.01. The van der Waals surface area contributed by atoms with Crippen molar-refractivity contribution in [1.82, 2.24) is 4.98 Å². The van der Waals surface area contributed by atoms with Gasteiger partial charge in [0.05, 0.1) is 21.8 Å². The van der Waals surface area contributed by atoms with Crippen LogP contribution in [0.2, 0.25) is 0 Å². The number of amides is 1. The lowest BCUT2D eigenvalue weighted by molar-refractivity contribution is -0.385. The summed E-state index contributed by atoms with van der Waals surface area (Å²) < 4.78 is 13.4. The number of benzene rings is 1. The second-order valence-corrected chi connectivity index (χ2v) is 5.10. The van der Waals surface area contributed by atoms with Gasteiger partial charge in [0.25, 0.3) is 11.6 Å². The second kappa shape index (κ2) is 4.80. The molecule has 1 aliphatic rings. The first-order valence-corrected chi connectivity index (χ1v) is 6.55. The minimum atomic E-state index is -0.467. The van der Waals surface area contributed by atoms with E-state index in [1.807, 2.05) is 0 Å². The molecule has 0 radical (unpaired) electrons. The summed E-state index contributed by atoms with van der Waals surface area (Å²) in [4.78, 5) is 25.5. The molecule has 112 valence electrons. The molecule has 0 bridgehead atoms. The summed E-state index contributed by atoms with van der Waals surface area (Å²) in [6.07, 6.45) is 1.51. The van der Waals surface area contributed by atoms with Crippen LogP contribution in [0, 0.1) is 29.8 Å². The van der Waals surface area contributed by atoms with Crippen molar-refractivity contribution in [2.24, 2.45) is 0 Å². The third-order valence-corrected chi connectivity index (χ3v) is 3.67. The minimum Gasteiger partial charge on any atom is -0.353 e. The number of anilines is 1. The molecule has 0 saturated heterocycles. The van der Waals surface area contributed by atoms with Crippen molar-refractivity contribution in [2.75, 3.05) is 5.32 Å². The van der Waals surface area contributed by atoms with Crippen LogP contribution in [0.5, 0.6) is 0 Å². The number of aromatic nitrogens is 1. The van der Waals surface area contributed by atoms with Crippen molar-refractivity contribution in [1.29, 1.82) is 0 Å². The van der Waals surface area contributed by atoms with Crippen molar-refractivity contribution in [2.45, 2.75) is 13.8 Å². The maximum absolute atomic E-state index is 13.4. The zero-order valence-electron chi connectivity index (χ0n) is 11.9. The number of halogens is 1. The molecule has 2 aromatic rings. The van der Waals surface area contributed by atoms with E-state index in [1.165, 1.54) is 24.3 Å². The lowest BCUT2D eigenvalue weighted by Gasteiger charge is -1.98. The van der Waals surface area contributed by atoms with E-state index in [0.717, 1.165) is 0 Å². The van der Waals surface area contributed by atoms with Crippen LogP contribution in [0.1, 0.15) is 22.5 Å². The Morgan fingerprint density at radius 2 is 2.05 bits per heavy atom. The van der Waals surface area contributed by atoms with E-state index < -0.39 is 10.7 Å². The van der Waals surface area contributed by atoms with Gasteiger partial charge in [0.1, 0.15) is 5.82 Å².